The third-order valence-electron chi connectivity index (χ3n) is 3.06. The maximum absolute atomic E-state index is 10.8. The molecule has 19 heavy (non-hydrogen) atoms. The smallest absolute Gasteiger partial charge is 0.302 e. The van der Waals surface area contributed by atoms with E-state index in [4.69, 9.17) is 4.74 Å². The standard InChI is InChI=1S/C17H24O2/c1-6-14(12-19-13(2)18)11-15-7-9-16(10-8-15)17(3,4)5/h7-11H,6,12H2,1-5H3. The number of ether oxygens (including phenoxy) is 1. The molecular weight excluding hydrogens is 236 g/mol. The summed E-state index contributed by atoms with van der Waals surface area (Å²) in [5.41, 5.74) is 3.77. The van der Waals surface area contributed by atoms with Gasteiger partial charge in [-0.25, -0.2) is 0 Å². The molecule has 0 saturated heterocycles. The average Bonchev–Trinajstić information content (AvgIpc) is 2.33. The van der Waals surface area contributed by atoms with E-state index in [1.807, 2.05) is 0 Å². The van der Waals surface area contributed by atoms with Crippen molar-refractivity contribution in [3.63, 3.8) is 0 Å². The van der Waals surface area contributed by atoms with E-state index >= 15 is 0 Å². The van der Waals surface area contributed by atoms with Crippen LogP contribution in [0.25, 0.3) is 6.08 Å². The third-order valence-corrected chi connectivity index (χ3v) is 3.06. The second kappa shape index (κ2) is 6.55. The van der Waals surface area contributed by atoms with E-state index in [1.54, 1.807) is 0 Å². The third kappa shape index (κ3) is 5.29. The fourth-order valence-corrected chi connectivity index (χ4v) is 1.76. The quantitative estimate of drug-likeness (QED) is 0.753. The summed E-state index contributed by atoms with van der Waals surface area (Å²) >= 11 is 0. The van der Waals surface area contributed by atoms with Crippen molar-refractivity contribution in [1.82, 2.24) is 0 Å². The second-order valence-corrected chi connectivity index (χ2v) is 5.81. The summed E-state index contributed by atoms with van der Waals surface area (Å²) in [6.07, 6.45) is 2.98. The van der Waals surface area contributed by atoms with Gasteiger partial charge in [0.25, 0.3) is 0 Å². The van der Waals surface area contributed by atoms with E-state index in [0.717, 1.165) is 17.6 Å². The van der Waals surface area contributed by atoms with Crippen LogP contribution in [0.5, 0.6) is 0 Å². The van der Waals surface area contributed by atoms with Gasteiger partial charge in [0.05, 0.1) is 0 Å². The van der Waals surface area contributed by atoms with E-state index < -0.39 is 0 Å². The zero-order valence-electron chi connectivity index (χ0n) is 12.6. The van der Waals surface area contributed by atoms with Gasteiger partial charge in [-0.2, -0.15) is 0 Å². The fraction of sp³-hybridized carbons (Fsp3) is 0.471. The molecule has 0 aliphatic rings. The summed E-state index contributed by atoms with van der Waals surface area (Å²) in [5, 5.41) is 0. The van der Waals surface area contributed by atoms with E-state index in [9.17, 15) is 4.79 Å². The maximum atomic E-state index is 10.8. The monoisotopic (exact) mass is 260 g/mol. The number of rotatable bonds is 4. The normalized spacial score (nSPS) is 12.4. The molecule has 1 aromatic rings. The average molecular weight is 260 g/mol. The molecule has 0 aliphatic carbocycles. The van der Waals surface area contributed by atoms with Gasteiger partial charge in [0.2, 0.25) is 0 Å². The molecule has 0 unspecified atom stereocenters. The van der Waals surface area contributed by atoms with Crippen LogP contribution in [0.15, 0.2) is 29.8 Å². The van der Waals surface area contributed by atoms with Crippen molar-refractivity contribution < 1.29 is 9.53 Å². The van der Waals surface area contributed by atoms with Crippen LogP contribution in [0.1, 0.15) is 52.2 Å². The molecule has 2 heteroatoms. The molecule has 0 radical (unpaired) electrons. The number of hydrogen-bond acceptors (Lipinski definition) is 2. The highest BCUT2D eigenvalue weighted by Gasteiger charge is 2.12. The molecule has 0 spiro atoms. The van der Waals surface area contributed by atoms with Gasteiger partial charge < -0.3 is 4.74 Å². The minimum atomic E-state index is -0.234. The van der Waals surface area contributed by atoms with Gasteiger partial charge >= 0.3 is 5.97 Å². The molecule has 0 heterocycles. The van der Waals surface area contributed by atoms with E-state index in [1.165, 1.54) is 12.5 Å². The lowest BCUT2D eigenvalue weighted by atomic mass is 9.86. The van der Waals surface area contributed by atoms with Gasteiger partial charge in [-0.05, 0) is 28.5 Å². The molecule has 104 valence electrons. The van der Waals surface area contributed by atoms with Crippen molar-refractivity contribution in [3.05, 3.63) is 41.0 Å². The van der Waals surface area contributed by atoms with Crippen LogP contribution < -0.4 is 0 Å². The van der Waals surface area contributed by atoms with E-state index in [2.05, 4.69) is 58.0 Å². The Balaban J connectivity index is 2.82. The first-order valence-electron chi connectivity index (χ1n) is 6.76. The Bertz CT molecular complexity index is 447. The summed E-state index contributed by atoms with van der Waals surface area (Å²) in [5.74, 6) is -0.234. The van der Waals surface area contributed by atoms with E-state index in [0.29, 0.717) is 6.61 Å². The van der Waals surface area contributed by atoms with Gasteiger partial charge in [-0.15, -0.1) is 0 Å². The van der Waals surface area contributed by atoms with Crippen molar-refractivity contribution >= 4 is 12.0 Å². The number of esters is 1. The first kappa shape index (κ1) is 15.5. The van der Waals surface area contributed by atoms with Crippen LogP contribution in [0.3, 0.4) is 0 Å². The number of hydrogen-bond donors (Lipinski definition) is 0. The van der Waals surface area contributed by atoms with Crippen LogP contribution in [0.4, 0.5) is 0 Å². The number of carbonyl (C=O) groups excluding carboxylic acids is 1. The van der Waals surface area contributed by atoms with Gasteiger partial charge in [0.1, 0.15) is 6.61 Å². The predicted octanol–water partition coefficient (Wildman–Crippen LogP) is 4.34. The molecular formula is C17H24O2. The minimum absolute atomic E-state index is 0.174. The van der Waals surface area contributed by atoms with Gasteiger partial charge in [0.15, 0.2) is 0 Å². The Morgan fingerprint density at radius 2 is 1.79 bits per heavy atom. The maximum Gasteiger partial charge on any atom is 0.302 e. The van der Waals surface area contributed by atoms with Crippen molar-refractivity contribution in [2.45, 2.75) is 46.5 Å². The lowest BCUT2D eigenvalue weighted by Crippen LogP contribution is -2.10. The van der Waals surface area contributed by atoms with Crippen molar-refractivity contribution in [2.75, 3.05) is 6.61 Å². The molecule has 0 fully saturated rings. The molecule has 1 rings (SSSR count). The molecule has 0 saturated carbocycles. The fourth-order valence-electron chi connectivity index (χ4n) is 1.76. The highest BCUT2D eigenvalue weighted by molar-refractivity contribution is 5.66. The zero-order chi connectivity index (χ0) is 14.5. The number of carbonyl (C=O) groups is 1. The lowest BCUT2D eigenvalue weighted by Gasteiger charge is -2.18. The predicted molar refractivity (Wildman–Crippen MR) is 80.0 cm³/mol. The first-order chi connectivity index (χ1) is 8.82. The second-order valence-electron chi connectivity index (χ2n) is 5.81. The molecule has 1 aromatic carbocycles. The Hall–Kier alpha value is -1.57. The largest absolute Gasteiger partial charge is 0.461 e. The van der Waals surface area contributed by atoms with Crippen LogP contribution in [0, 0.1) is 0 Å². The minimum Gasteiger partial charge on any atom is -0.461 e. The van der Waals surface area contributed by atoms with Crippen molar-refractivity contribution in [3.8, 4) is 0 Å². The van der Waals surface area contributed by atoms with Crippen LogP contribution in [-0.4, -0.2) is 12.6 Å². The molecule has 2 nitrogen and oxygen atoms in total. The van der Waals surface area contributed by atoms with Crippen LogP contribution in [0.2, 0.25) is 0 Å². The van der Waals surface area contributed by atoms with E-state index in [-0.39, 0.29) is 11.4 Å². The molecule has 0 aromatic heterocycles. The Morgan fingerprint density at radius 1 is 1.21 bits per heavy atom. The van der Waals surface area contributed by atoms with Crippen LogP contribution in [-0.2, 0) is 14.9 Å². The van der Waals surface area contributed by atoms with Crippen molar-refractivity contribution in [2.24, 2.45) is 0 Å². The van der Waals surface area contributed by atoms with Gasteiger partial charge in [0, 0.05) is 6.92 Å². The SMILES string of the molecule is CCC(=Cc1ccc(C(C)(C)C)cc1)COC(C)=O. The lowest BCUT2D eigenvalue weighted by molar-refractivity contribution is -0.139. The van der Waals surface area contributed by atoms with Crippen LogP contribution >= 0.6 is 0 Å². The number of benzene rings is 1. The highest BCUT2D eigenvalue weighted by atomic mass is 16.5. The summed E-state index contributed by atoms with van der Waals surface area (Å²) in [4.78, 5) is 10.8. The zero-order valence-corrected chi connectivity index (χ0v) is 12.6. The molecule has 0 aliphatic heterocycles. The summed E-state index contributed by atoms with van der Waals surface area (Å²) in [6.45, 7) is 10.5. The van der Waals surface area contributed by atoms with Gasteiger partial charge in [-0.1, -0.05) is 58.0 Å². The Labute approximate surface area is 116 Å². The topological polar surface area (TPSA) is 26.3 Å². The Kier molecular flexibility index (Phi) is 5.34. The first-order valence-corrected chi connectivity index (χ1v) is 6.76. The van der Waals surface area contributed by atoms with Crippen molar-refractivity contribution in [1.29, 1.82) is 0 Å². The summed E-state index contributed by atoms with van der Waals surface area (Å²) in [6, 6.07) is 8.55. The molecule has 0 atom stereocenters. The summed E-state index contributed by atoms with van der Waals surface area (Å²) in [7, 11) is 0. The van der Waals surface area contributed by atoms with Gasteiger partial charge in [-0.3, -0.25) is 4.79 Å². The highest BCUT2D eigenvalue weighted by Crippen LogP contribution is 2.23. The molecule has 0 N–H and O–H groups in total. The molecule has 0 amide bonds. The summed E-state index contributed by atoms with van der Waals surface area (Å²) < 4.78 is 5.04. The molecule has 0 bridgehead atoms. The Morgan fingerprint density at radius 3 is 2.21 bits per heavy atom.